The molecule has 5 rings (SSSR count). The van der Waals surface area contributed by atoms with E-state index in [1.165, 1.54) is 25.2 Å². The molecule has 0 aliphatic carbocycles. The monoisotopic (exact) mass is 888 g/mol. The number of cyclic esters (lactones) is 1. The van der Waals surface area contributed by atoms with Crippen molar-refractivity contribution in [2.45, 2.75) is 135 Å². The van der Waals surface area contributed by atoms with Gasteiger partial charge in [-0.3, -0.25) is 19.3 Å². The third-order valence-corrected chi connectivity index (χ3v) is 12.5. The Morgan fingerprint density at radius 2 is 1.73 bits per heavy atom. The van der Waals surface area contributed by atoms with Crippen LogP contribution in [0.5, 0.6) is 0 Å². The van der Waals surface area contributed by atoms with Crippen molar-refractivity contribution >= 4 is 41.5 Å². The van der Waals surface area contributed by atoms with Crippen LogP contribution in [0.4, 0.5) is 14.4 Å². The number of ketones is 2. The van der Waals surface area contributed by atoms with Crippen molar-refractivity contribution in [2.24, 2.45) is 23.7 Å². The molecule has 3 N–H and O–H groups in total. The zero-order chi connectivity index (χ0) is 46.3. The van der Waals surface area contributed by atoms with Crippen LogP contribution < -0.4 is 5.73 Å². The number of anilines is 1. The van der Waals surface area contributed by atoms with E-state index in [1.807, 2.05) is 38.1 Å². The molecule has 3 aliphatic rings. The standard InChI is InChI=1S/C43H62N6O10.CH3FS/c1-12-33-43(8)37(49(41(54)59-43)19-14-13-18-48-23-31(45-46-48)29-16-15-17-30(44)21-29)26(4)34(50)24(2)22-42(7,55-11)38(27(5)35(51)28(6)39(53)57-33)58-40-36(52)32(47(9)10)20-25(3)56-40;1-3-2/h15-17,21,23-28,32-33,36-38,40,52H,12,18-20,22,44H2,1-11H3;1H3/t24-,25?,26+,27+,28-,32?,33-,36?,37-,38-,40+,42-,43-;/m1./s1. The summed E-state index contributed by atoms with van der Waals surface area (Å²) >= 11 is 0.250. The summed E-state index contributed by atoms with van der Waals surface area (Å²) in [5, 5.41) is 19.8. The number of likely N-dealkylation sites (N-methyl/N-ethyl adjacent to an activating group) is 1. The van der Waals surface area contributed by atoms with E-state index >= 15 is 0 Å². The highest BCUT2D eigenvalue weighted by molar-refractivity contribution is 7.93. The van der Waals surface area contributed by atoms with E-state index < -0.39 is 83.4 Å². The molecule has 0 bridgehead atoms. The van der Waals surface area contributed by atoms with E-state index in [1.54, 1.807) is 64.6 Å². The zero-order valence-corrected chi connectivity index (χ0v) is 38.8. The van der Waals surface area contributed by atoms with Crippen molar-refractivity contribution in [3.05, 3.63) is 30.5 Å². The van der Waals surface area contributed by atoms with Crippen LogP contribution in [-0.2, 0) is 44.6 Å². The van der Waals surface area contributed by atoms with Crippen LogP contribution in [0.25, 0.3) is 11.3 Å². The van der Waals surface area contributed by atoms with E-state index in [4.69, 9.17) is 29.4 Å². The molecule has 0 saturated carbocycles. The van der Waals surface area contributed by atoms with Gasteiger partial charge in [0.05, 0.1) is 36.6 Å². The summed E-state index contributed by atoms with van der Waals surface area (Å²) in [4.78, 5) is 60.0. The number of rotatable bonds is 8. The van der Waals surface area contributed by atoms with Crippen molar-refractivity contribution < 1.29 is 51.9 Å². The number of hydrogen-bond acceptors (Lipinski definition) is 15. The van der Waals surface area contributed by atoms with Crippen LogP contribution >= 0.6 is 12.1 Å². The van der Waals surface area contributed by atoms with Crippen LogP contribution in [0.1, 0.15) is 74.7 Å². The van der Waals surface area contributed by atoms with Crippen LogP contribution in [0.2, 0.25) is 0 Å². The van der Waals surface area contributed by atoms with Gasteiger partial charge in [0, 0.05) is 60.6 Å². The molecule has 1 amide bonds. The number of carbonyl (C=O) groups excluding carboxylic acids is 4. The Labute approximate surface area is 369 Å². The van der Waals surface area contributed by atoms with Gasteiger partial charge in [0.15, 0.2) is 17.7 Å². The van der Waals surface area contributed by atoms with Crippen molar-refractivity contribution in [3.63, 3.8) is 0 Å². The van der Waals surface area contributed by atoms with Crippen LogP contribution in [0.3, 0.4) is 0 Å². The molecule has 13 atom stereocenters. The van der Waals surface area contributed by atoms with Gasteiger partial charge >= 0.3 is 12.1 Å². The molecule has 18 heteroatoms. The molecule has 0 radical (unpaired) electrons. The molecule has 3 saturated heterocycles. The number of nitrogen functional groups attached to an aromatic ring is 1. The van der Waals surface area contributed by atoms with Gasteiger partial charge < -0.3 is 39.4 Å². The molecule has 3 aliphatic heterocycles. The van der Waals surface area contributed by atoms with Crippen molar-refractivity contribution in [1.82, 2.24) is 24.8 Å². The largest absolute Gasteiger partial charge is 0.458 e. The maximum absolute atomic E-state index is 14.7. The molecule has 4 heterocycles. The van der Waals surface area contributed by atoms with E-state index in [-0.39, 0.29) is 56.0 Å². The molecule has 1 aromatic carbocycles. The minimum absolute atomic E-state index is 0.0913. The lowest BCUT2D eigenvalue weighted by Crippen LogP contribution is -2.60. The number of carbonyl (C=O) groups is 4. The molecule has 16 nitrogen and oxygen atoms in total. The van der Waals surface area contributed by atoms with E-state index in [9.17, 15) is 28.2 Å². The summed E-state index contributed by atoms with van der Waals surface area (Å²) < 4.78 is 42.8. The normalized spacial score (nSPS) is 34.6. The minimum atomic E-state index is -1.49. The van der Waals surface area contributed by atoms with Gasteiger partial charge in [-0.15, -0.1) is 5.10 Å². The minimum Gasteiger partial charge on any atom is -0.458 e. The average molecular weight is 889 g/mol. The third-order valence-electron chi connectivity index (χ3n) is 12.5. The second-order valence-corrected chi connectivity index (χ2v) is 17.6. The lowest BCUT2D eigenvalue weighted by atomic mass is 9.73. The van der Waals surface area contributed by atoms with Gasteiger partial charge in [0.25, 0.3) is 0 Å². The van der Waals surface area contributed by atoms with Gasteiger partial charge in [-0.2, -0.15) is 3.89 Å². The van der Waals surface area contributed by atoms with E-state index in [0.717, 1.165) is 5.56 Å². The fraction of sp³-hybridized carbons (Fsp3) is 0.682. The summed E-state index contributed by atoms with van der Waals surface area (Å²) in [6.45, 7) is 13.8. The maximum atomic E-state index is 14.7. The molecule has 3 unspecified atom stereocenters. The number of fused-ring (bicyclic) bond motifs is 1. The van der Waals surface area contributed by atoms with Crippen molar-refractivity contribution in [2.75, 3.05) is 39.7 Å². The third kappa shape index (κ3) is 11.1. The second-order valence-electron chi connectivity index (χ2n) is 17.2. The molecule has 3 fully saturated rings. The predicted octanol–water partition coefficient (Wildman–Crippen LogP) is 4.97. The van der Waals surface area contributed by atoms with Gasteiger partial charge in [-0.1, -0.05) is 56.9 Å². The Morgan fingerprint density at radius 1 is 1.06 bits per heavy atom. The number of hydrogen-bond donors (Lipinski definition) is 2. The molecule has 62 heavy (non-hydrogen) atoms. The SMILES string of the molecule is CC[C@H]1OC(=O)[C@H](C)C(=O)[C@H](C)[C@@H](O[C@@H]2OC(C)CC(N(C)C)C2O)[C@](C)(OC)C[C@@H](C)C(=O)[C@H](C)[C@H]2N(CC#CCn3cc(-c4cccc(N)c4)nn3)C(=O)O[C@]12C.CSF. The topological polar surface area (TPSA) is 198 Å². The number of nitrogens with zero attached hydrogens (tertiary/aromatic N) is 5. The van der Waals surface area contributed by atoms with Gasteiger partial charge in [0.1, 0.15) is 36.1 Å². The molecular formula is C44H65FN6O10S. The van der Waals surface area contributed by atoms with Gasteiger partial charge in [-0.25, -0.2) is 9.48 Å². The maximum Gasteiger partial charge on any atom is 0.411 e. The first-order valence-electron chi connectivity index (χ1n) is 21.0. The Bertz CT molecular complexity index is 1940. The quantitative estimate of drug-likeness (QED) is 0.156. The number of benzene rings is 1. The van der Waals surface area contributed by atoms with Crippen LogP contribution in [0.15, 0.2) is 30.5 Å². The fourth-order valence-corrected chi connectivity index (χ4v) is 9.13. The molecule has 344 valence electrons. The predicted molar refractivity (Wildman–Crippen MR) is 232 cm³/mol. The first kappa shape index (κ1) is 50.5. The lowest BCUT2D eigenvalue weighted by molar-refractivity contribution is -0.295. The highest BCUT2D eigenvalue weighted by atomic mass is 32.2. The number of halogens is 1. The van der Waals surface area contributed by atoms with Gasteiger partial charge in [-0.05, 0) is 73.2 Å². The lowest BCUT2D eigenvalue weighted by Gasteiger charge is -2.47. The second kappa shape index (κ2) is 21.5. The summed E-state index contributed by atoms with van der Waals surface area (Å²) in [5.41, 5.74) is 5.18. The smallest absolute Gasteiger partial charge is 0.411 e. The average Bonchev–Trinajstić information content (AvgIpc) is 3.81. The Morgan fingerprint density at radius 3 is 2.34 bits per heavy atom. The first-order valence-corrected chi connectivity index (χ1v) is 22.1. The number of aromatic nitrogens is 3. The fourth-order valence-electron chi connectivity index (χ4n) is 9.13. The molecular weight excluding hydrogens is 824 g/mol. The summed E-state index contributed by atoms with van der Waals surface area (Å²) in [7, 11) is 5.20. The number of amides is 1. The summed E-state index contributed by atoms with van der Waals surface area (Å²) in [6, 6.07) is 6.08. The summed E-state index contributed by atoms with van der Waals surface area (Å²) in [5.74, 6) is 0.812. The zero-order valence-electron chi connectivity index (χ0n) is 38.0. The van der Waals surface area contributed by atoms with Crippen LogP contribution in [0, 0.1) is 35.5 Å². The molecule has 0 spiro atoms. The first-order chi connectivity index (χ1) is 29.2. The molecule has 2 aromatic rings. The number of Topliss-reactive ketones (excluding diaryl/α,β-unsaturated/α-hetero) is 2. The number of nitrogens with two attached hydrogens (primary N) is 1. The van der Waals surface area contributed by atoms with E-state index in [2.05, 4.69) is 22.2 Å². The number of aliphatic hydroxyl groups is 1. The number of aliphatic hydroxyl groups excluding tert-OH is 1. The molecule has 1 aromatic heterocycles. The number of esters is 1. The van der Waals surface area contributed by atoms with Crippen LogP contribution in [-0.4, -0.2) is 142 Å². The Hall–Kier alpha value is -4.12. The van der Waals surface area contributed by atoms with Crippen molar-refractivity contribution in [3.8, 4) is 23.1 Å². The van der Waals surface area contributed by atoms with E-state index in [0.29, 0.717) is 17.8 Å². The highest BCUT2D eigenvalue weighted by Gasteiger charge is 2.60. The number of ether oxygens (including phenoxy) is 5. The number of methoxy groups -OCH3 is 1. The highest BCUT2D eigenvalue weighted by Crippen LogP contribution is 2.43. The van der Waals surface area contributed by atoms with Gasteiger partial charge in [0.2, 0.25) is 0 Å². The Balaban J connectivity index is 0.00000273. The summed E-state index contributed by atoms with van der Waals surface area (Å²) in [6.07, 6.45) is -1.30. The van der Waals surface area contributed by atoms with Crippen molar-refractivity contribution in [1.29, 1.82) is 0 Å². The Kier molecular flexibility index (Phi) is 17.5.